The second-order valence-electron chi connectivity index (χ2n) is 7.64. The average Bonchev–Trinajstić information content (AvgIpc) is 2.87. The lowest BCUT2D eigenvalue weighted by Crippen LogP contribution is -2.22. The number of nitrogens with zero attached hydrogens (tertiary/aromatic N) is 1. The number of methoxy groups -OCH3 is 3. The van der Waals surface area contributed by atoms with Gasteiger partial charge in [-0.25, -0.2) is 0 Å². The van der Waals surface area contributed by atoms with Gasteiger partial charge in [0.15, 0.2) is 17.3 Å². The largest absolute Gasteiger partial charge is 0.493 e. The monoisotopic (exact) mass is 478 g/mol. The molecule has 4 rings (SSSR count). The van der Waals surface area contributed by atoms with Crippen LogP contribution in [-0.2, 0) is 0 Å². The molecule has 1 unspecified atom stereocenters. The van der Waals surface area contributed by atoms with Crippen LogP contribution in [-0.4, -0.2) is 37.9 Å². The van der Waals surface area contributed by atoms with Crippen molar-refractivity contribution >= 4 is 23.1 Å². The summed E-state index contributed by atoms with van der Waals surface area (Å²) in [7, 11) is 4.36. The third-order valence-corrected chi connectivity index (χ3v) is 5.55. The molecule has 0 radical (unpaired) electrons. The Labute approximate surface area is 200 Å². The van der Waals surface area contributed by atoms with Gasteiger partial charge in [0.05, 0.1) is 32.7 Å². The summed E-state index contributed by atoms with van der Waals surface area (Å²) in [4.78, 5) is 36.1. The fourth-order valence-electron chi connectivity index (χ4n) is 3.92. The predicted molar refractivity (Wildman–Crippen MR) is 126 cm³/mol. The van der Waals surface area contributed by atoms with E-state index in [1.54, 1.807) is 30.3 Å². The molecule has 1 heterocycles. The third-order valence-electron chi connectivity index (χ3n) is 5.55. The number of hydrogen-bond donors (Lipinski definition) is 1. The Morgan fingerprint density at radius 2 is 1.77 bits per heavy atom. The highest BCUT2D eigenvalue weighted by Crippen LogP contribution is 2.49. The van der Waals surface area contributed by atoms with E-state index < -0.39 is 16.9 Å². The molecular formula is C25H22N2O8. The highest BCUT2D eigenvalue weighted by Gasteiger charge is 2.34. The number of nitrogens with one attached hydrogen (secondary N) is 1. The van der Waals surface area contributed by atoms with E-state index in [-0.39, 0.29) is 34.8 Å². The molecule has 1 atom stereocenters. The van der Waals surface area contributed by atoms with Gasteiger partial charge < -0.3 is 24.3 Å². The molecule has 10 heteroatoms. The maximum absolute atomic E-state index is 13.1. The van der Waals surface area contributed by atoms with Crippen LogP contribution in [0.3, 0.4) is 0 Å². The number of non-ortho nitro benzene ring substituents is 1. The Morgan fingerprint density at radius 1 is 1.03 bits per heavy atom. The Hall–Kier alpha value is -4.60. The van der Waals surface area contributed by atoms with Crippen molar-refractivity contribution in [1.82, 2.24) is 0 Å². The third kappa shape index (κ3) is 4.58. The quantitative estimate of drug-likeness (QED) is 0.386. The molecule has 180 valence electrons. The lowest BCUT2D eigenvalue weighted by Gasteiger charge is -2.28. The molecule has 1 aliphatic rings. The molecule has 35 heavy (non-hydrogen) atoms. The van der Waals surface area contributed by atoms with Crippen molar-refractivity contribution in [2.75, 3.05) is 26.6 Å². The normalized spacial score (nSPS) is 14.4. The molecular weight excluding hydrogens is 456 g/mol. The predicted octanol–water partition coefficient (Wildman–Crippen LogP) is 4.58. The minimum Gasteiger partial charge on any atom is -0.493 e. The number of ketones is 1. The van der Waals surface area contributed by atoms with Crippen molar-refractivity contribution in [2.24, 2.45) is 0 Å². The molecule has 10 nitrogen and oxygen atoms in total. The summed E-state index contributed by atoms with van der Waals surface area (Å²) in [5.41, 5.74) is 1.36. The number of benzene rings is 3. The number of fused-ring (bicyclic) bond motifs is 1. The second kappa shape index (κ2) is 9.72. The topological polar surface area (TPSA) is 126 Å². The maximum Gasteiger partial charge on any atom is 0.270 e. The number of anilines is 1. The molecule has 0 saturated carbocycles. The molecule has 0 spiro atoms. The zero-order valence-corrected chi connectivity index (χ0v) is 19.2. The van der Waals surface area contributed by atoms with E-state index in [4.69, 9.17) is 18.9 Å². The minimum atomic E-state index is -0.618. The highest BCUT2D eigenvalue weighted by atomic mass is 16.6. The molecule has 0 bridgehead atoms. The van der Waals surface area contributed by atoms with Crippen LogP contribution in [0.5, 0.6) is 23.0 Å². The number of hydrogen-bond acceptors (Lipinski definition) is 8. The summed E-state index contributed by atoms with van der Waals surface area (Å²) in [6.07, 6.45) is -0.575. The molecule has 1 aliphatic heterocycles. The Bertz CT molecular complexity index is 1320. The van der Waals surface area contributed by atoms with Crippen molar-refractivity contribution in [3.63, 3.8) is 0 Å². The van der Waals surface area contributed by atoms with Crippen molar-refractivity contribution in [1.29, 1.82) is 0 Å². The zero-order valence-electron chi connectivity index (χ0n) is 19.2. The molecule has 1 N–H and O–H groups in total. The number of rotatable bonds is 7. The van der Waals surface area contributed by atoms with Gasteiger partial charge >= 0.3 is 0 Å². The van der Waals surface area contributed by atoms with Gasteiger partial charge in [0, 0.05) is 29.4 Å². The second-order valence-corrected chi connectivity index (χ2v) is 7.64. The highest BCUT2D eigenvalue weighted by molar-refractivity contribution is 6.05. The fraction of sp³-hybridized carbons (Fsp3) is 0.200. The Morgan fingerprint density at radius 3 is 2.46 bits per heavy atom. The summed E-state index contributed by atoms with van der Waals surface area (Å²) < 4.78 is 22.3. The lowest BCUT2D eigenvalue weighted by atomic mass is 9.94. The molecule has 3 aromatic carbocycles. The van der Waals surface area contributed by atoms with Crippen LogP contribution in [0.1, 0.15) is 38.8 Å². The van der Waals surface area contributed by atoms with Crippen molar-refractivity contribution in [2.45, 2.75) is 12.5 Å². The minimum absolute atomic E-state index is 0.0428. The maximum atomic E-state index is 13.1. The van der Waals surface area contributed by atoms with E-state index in [1.165, 1.54) is 45.6 Å². The summed E-state index contributed by atoms with van der Waals surface area (Å²) in [6, 6.07) is 13.9. The Kier molecular flexibility index (Phi) is 6.54. The lowest BCUT2D eigenvalue weighted by molar-refractivity contribution is -0.384. The van der Waals surface area contributed by atoms with Gasteiger partial charge in [0.2, 0.25) is 5.75 Å². The summed E-state index contributed by atoms with van der Waals surface area (Å²) in [6.45, 7) is 0. The first kappa shape index (κ1) is 23.6. The van der Waals surface area contributed by atoms with E-state index in [0.29, 0.717) is 28.5 Å². The van der Waals surface area contributed by atoms with Crippen LogP contribution in [0.15, 0.2) is 54.6 Å². The van der Waals surface area contributed by atoms with Crippen LogP contribution in [0.2, 0.25) is 0 Å². The first-order valence-electron chi connectivity index (χ1n) is 10.5. The standard InChI is InChI=1S/C25H22N2O8/c1-32-21-13-20-22(24(34-3)23(21)33-2)18(28)12-19(35-20)14-6-4-8-16(10-14)26-25(29)15-7-5-9-17(11-15)27(30)31/h4-11,13,19H,12H2,1-3H3,(H,26,29). The SMILES string of the molecule is COc1cc2c(c(OC)c1OC)C(=O)CC(c1cccc(NC(=O)c3cccc([N+](=O)[O-])c3)c1)O2. The summed E-state index contributed by atoms with van der Waals surface area (Å²) in [5.74, 6) is 0.498. The molecule has 1 amide bonds. The first-order valence-corrected chi connectivity index (χ1v) is 10.5. The average molecular weight is 478 g/mol. The number of carbonyl (C=O) groups excluding carboxylic acids is 2. The van der Waals surface area contributed by atoms with E-state index in [1.807, 2.05) is 0 Å². The molecule has 0 fully saturated rings. The van der Waals surface area contributed by atoms with E-state index >= 15 is 0 Å². The Balaban J connectivity index is 1.60. The van der Waals surface area contributed by atoms with Crippen LogP contribution >= 0.6 is 0 Å². The molecule has 3 aromatic rings. The van der Waals surface area contributed by atoms with E-state index in [2.05, 4.69) is 5.32 Å². The van der Waals surface area contributed by atoms with Gasteiger partial charge in [-0.15, -0.1) is 0 Å². The van der Waals surface area contributed by atoms with Gasteiger partial charge in [0.25, 0.3) is 11.6 Å². The van der Waals surface area contributed by atoms with Crippen molar-refractivity contribution in [3.8, 4) is 23.0 Å². The van der Waals surface area contributed by atoms with Crippen LogP contribution < -0.4 is 24.3 Å². The molecule has 0 aromatic heterocycles. The number of nitro benzene ring substituents is 1. The van der Waals surface area contributed by atoms with Crippen LogP contribution in [0, 0.1) is 10.1 Å². The van der Waals surface area contributed by atoms with Crippen molar-refractivity contribution in [3.05, 3.63) is 81.4 Å². The number of amides is 1. The van der Waals surface area contributed by atoms with E-state index in [9.17, 15) is 19.7 Å². The number of ether oxygens (including phenoxy) is 4. The molecule has 0 aliphatic carbocycles. The first-order chi connectivity index (χ1) is 16.9. The van der Waals surface area contributed by atoms with Gasteiger partial charge in [-0.05, 0) is 23.8 Å². The zero-order chi connectivity index (χ0) is 25.1. The summed E-state index contributed by atoms with van der Waals surface area (Å²) >= 11 is 0. The van der Waals surface area contributed by atoms with Gasteiger partial charge in [-0.3, -0.25) is 19.7 Å². The molecule has 0 saturated heterocycles. The van der Waals surface area contributed by atoms with Crippen LogP contribution in [0.4, 0.5) is 11.4 Å². The van der Waals surface area contributed by atoms with Crippen molar-refractivity contribution < 1.29 is 33.5 Å². The van der Waals surface area contributed by atoms with Gasteiger partial charge in [-0.2, -0.15) is 0 Å². The number of nitro groups is 1. The summed E-state index contributed by atoms with van der Waals surface area (Å²) in [5, 5.41) is 13.7. The number of carbonyl (C=O) groups is 2. The smallest absolute Gasteiger partial charge is 0.270 e. The van der Waals surface area contributed by atoms with E-state index in [0.717, 1.165) is 0 Å². The fourth-order valence-corrected chi connectivity index (χ4v) is 3.92. The van der Waals surface area contributed by atoms with Gasteiger partial charge in [0.1, 0.15) is 17.4 Å². The number of Topliss-reactive ketones (excluding diaryl/α,β-unsaturated/α-hetero) is 1. The van der Waals surface area contributed by atoms with Gasteiger partial charge in [-0.1, -0.05) is 18.2 Å². The van der Waals surface area contributed by atoms with Crippen LogP contribution in [0.25, 0.3) is 0 Å².